The van der Waals surface area contributed by atoms with E-state index in [1.54, 1.807) is 12.1 Å². The van der Waals surface area contributed by atoms with Crippen molar-refractivity contribution >= 4 is 21.6 Å². The minimum Gasteiger partial charge on any atom is -0.372 e. The zero-order valence-corrected chi connectivity index (χ0v) is 12.8. The molecule has 8 heteroatoms. The molecule has 0 saturated carbocycles. The van der Waals surface area contributed by atoms with Gasteiger partial charge in [-0.1, -0.05) is 13.0 Å². The van der Waals surface area contributed by atoms with Crippen LogP contribution in [0.15, 0.2) is 29.2 Å². The quantitative estimate of drug-likeness (QED) is 0.567. The van der Waals surface area contributed by atoms with Crippen LogP contribution in [0.3, 0.4) is 0 Å². The minimum absolute atomic E-state index is 0.0593. The second kappa shape index (κ2) is 8.73. The number of nitrogens with two attached hydrogens (primary N) is 1. The summed E-state index contributed by atoms with van der Waals surface area (Å²) in [7, 11) is -3.61. The van der Waals surface area contributed by atoms with Gasteiger partial charge in [0.1, 0.15) is 6.61 Å². The SMILES string of the molecule is CCCOCC(=O)Nc1cccc(S(=O)(=O)NCCN)c1. The van der Waals surface area contributed by atoms with Gasteiger partial charge in [0, 0.05) is 25.4 Å². The first kappa shape index (κ1) is 17.6. The van der Waals surface area contributed by atoms with E-state index in [4.69, 9.17) is 10.5 Å². The average molecular weight is 315 g/mol. The zero-order chi connectivity index (χ0) is 15.7. The van der Waals surface area contributed by atoms with Crippen molar-refractivity contribution in [1.82, 2.24) is 4.72 Å². The molecule has 0 spiro atoms. The van der Waals surface area contributed by atoms with E-state index < -0.39 is 10.0 Å². The first-order valence-corrected chi connectivity index (χ1v) is 8.15. The number of rotatable bonds is 9. The van der Waals surface area contributed by atoms with Crippen molar-refractivity contribution in [2.45, 2.75) is 18.2 Å². The smallest absolute Gasteiger partial charge is 0.250 e. The van der Waals surface area contributed by atoms with E-state index in [-0.39, 0.29) is 30.5 Å². The fraction of sp³-hybridized carbons (Fsp3) is 0.462. The van der Waals surface area contributed by atoms with Crippen LogP contribution in [0, 0.1) is 0 Å². The maximum Gasteiger partial charge on any atom is 0.250 e. The third kappa shape index (κ3) is 6.21. The topological polar surface area (TPSA) is 111 Å². The first-order valence-electron chi connectivity index (χ1n) is 6.67. The van der Waals surface area contributed by atoms with Crippen LogP contribution in [0.25, 0.3) is 0 Å². The Labute approximate surface area is 124 Å². The van der Waals surface area contributed by atoms with Gasteiger partial charge in [0.15, 0.2) is 0 Å². The Morgan fingerprint density at radius 3 is 2.81 bits per heavy atom. The molecule has 1 aromatic carbocycles. The second-order valence-electron chi connectivity index (χ2n) is 4.32. The van der Waals surface area contributed by atoms with Crippen molar-refractivity contribution in [2.24, 2.45) is 5.73 Å². The van der Waals surface area contributed by atoms with Crippen molar-refractivity contribution < 1.29 is 17.9 Å². The van der Waals surface area contributed by atoms with Crippen LogP contribution < -0.4 is 15.8 Å². The van der Waals surface area contributed by atoms with Crippen LogP contribution >= 0.6 is 0 Å². The molecule has 21 heavy (non-hydrogen) atoms. The number of hydrogen-bond donors (Lipinski definition) is 3. The molecule has 0 aliphatic heterocycles. The number of ether oxygens (including phenoxy) is 1. The summed E-state index contributed by atoms with van der Waals surface area (Å²) in [5.41, 5.74) is 5.67. The van der Waals surface area contributed by atoms with Gasteiger partial charge in [-0.15, -0.1) is 0 Å². The lowest BCUT2D eigenvalue weighted by atomic mass is 10.3. The van der Waals surface area contributed by atoms with Crippen molar-refractivity contribution in [3.63, 3.8) is 0 Å². The molecule has 1 amide bonds. The fourth-order valence-corrected chi connectivity index (χ4v) is 2.62. The van der Waals surface area contributed by atoms with E-state index in [0.717, 1.165) is 6.42 Å². The highest BCUT2D eigenvalue weighted by Gasteiger charge is 2.14. The van der Waals surface area contributed by atoms with Crippen LogP contribution in [0.4, 0.5) is 5.69 Å². The predicted octanol–water partition coefficient (Wildman–Crippen LogP) is 0.289. The maximum absolute atomic E-state index is 11.9. The fourth-order valence-electron chi connectivity index (χ4n) is 1.52. The molecule has 0 unspecified atom stereocenters. The number of nitrogens with one attached hydrogen (secondary N) is 2. The van der Waals surface area contributed by atoms with Gasteiger partial charge in [0.25, 0.3) is 0 Å². The summed E-state index contributed by atoms with van der Waals surface area (Å²) >= 11 is 0. The normalized spacial score (nSPS) is 11.3. The Balaban J connectivity index is 2.70. The maximum atomic E-state index is 11.9. The molecule has 0 fully saturated rings. The monoisotopic (exact) mass is 315 g/mol. The summed E-state index contributed by atoms with van der Waals surface area (Å²) in [5, 5.41) is 2.59. The van der Waals surface area contributed by atoms with E-state index >= 15 is 0 Å². The molecule has 1 aromatic rings. The Kier molecular flexibility index (Phi) is 7.30. The van der Waals surface area contributed by atoms with Gasteiger partial charge in [-0.25, -0.2) is 13.1 Å². The number of carbonyl (C=O) groups is 1. The molecule has 0 aliphatic carbocycles. The molecule has 4 N–H and O–H groups in total. The van der Waals surface area contributed by atoms with Gasteiger partial charge in [-0.05, 0) is 24.6 Å². The lowest BCUT2D eigenvalue weighted by Crippen LogP contribution is -2.29. The van der Waals surface area contributed by atoms with Gasteiger partial charge in [0.05, 0.1) is 4.90 Å². The highest BCUT2D eigenvalue weighted by Crippen LogP contribution is 2.15. The van der Waals surface area contributed by atoms with Crippen molar-refractivity contribution in [1.29, 1.82) is 0 Å². The molecular weight excluding hydrogens is 294 g/mol. The van der Waals surface area contributed by atoms with Crippen molar-refractivity contribution in [2.75, 3.05) is 31.6 Å². The van der Waals surface area contributed by atoms with Gasteiger partial charge >= 0.3 is 0 Å². The minimum atomic E-state index is -3.61. The molecule has 0 heterocycles. The van der Waals surface area contributed by atoms with Crippen molar-refractivity contribution in [3.05, 3.63) is 24.3 Å². The van der Waals surface area contributed by atoms with E-state index in [1.807, 2.05) is 6.92 Å². The predicted molar refractivity (Wildman–Crippen MR) is 80.4 cm³/mol. The molecule has 7 nitrogen and oxygen atoms in total. The molecule has 118 valence electrons. The number of hydrogen-bond acceptors (Lipinski definition) is 5. The third-order valence-corrected chi connectivity index (χ3v) is 3.90. The van der Waals surface area contributed by atoms with E-state index in [9.17, 15) is 13.2 Å². The number of carbonyl (C=O) groups excluding carboxylic acids is 1. The molecule has 1 rings (SSSR count). The van der Waals surface area contributed by atoms with Gasteiger partial charge in [-0.3, -0.25) is 4.79 Å². The number of anilines is 1. The van der Waals surface area contributed by atoms with E-state index in [0.29, 0.717) is 12.3 Å². The lowest BCUT2D eigenvalue weighted by Gasteiger charge is -2.09. The molecule has 0 aliphatic rings. The molecule has 0 aromatic heterocycles. The summed E-state index contributed by atoms with van der Waals surface area (Å²) in [4.78, 5) is 11.7. The summed E-state index contributed by atoms with van der Waals surface area (Å²) < 4.78 is 31.3. The number of benzene rings is 1. The Morgan fingerprint density at radius 1 is 1.38 bits per heavy atom. The summed E-state index contributed by atoms with van der Waals surface area (Å²) in [6.07, 6.45) is 0.827. The highest BCUT2D eigenvalue weighted by atomic mass is 32.2. The molecule has 0 bridgehead atoms. The molecule has 0 atom stereocenters. The first-order chi connectivity index (χ1) is 9.99. The highest BCUT2D eigenvalue weighted by molar-refractivity contribution is 7.89. The van der Waals surface area contributed by atoms with E-state index in [1.165, 1.54) is 12.1 Å². The standard InChI is InChI=1S/C13H21N3O4S/c1-2-8-20-10-13(17)16-11-4-3-5-12(9-11)21(18,19)15-7-6-14/h3-5,9,15H,2,6-8,10,14H2,1H3,(H,16,17). The second-order valence-corrected chi connectivity index (χ2v) is 6.08. The molecule has 0 saturated heterocycles. The van der Waals surface area contributed by atoms with Crippen LogP contribution in [0.1, 0.15) is 13.3 Å². The van der Waals surface area contributed by atoms with Crippen LogP contribution in [-0.2, 0) is 19.6 Å². The lowest BCUT2D eigenvalue weighted by molar-refractivity contribution is -0.120. The van der Waals surface area contributed by atoms with Gasteiger partial charge in [-0.2, -0.15) is 0 Å². The molecule has 0 radical (unpaired) electrons. The Hall–Kier alpha value is -1.48. The number of amides is 1. The Morgan fingerprint density at radius 2 is 2.14 bits per heavy atom. The van der Waals surface area contributed by atoms with Crippen LogP contribution in [0.5, 0.6) is 0 Å². The summed E-state index contributed by atoms with van der Waals surface area (Å²) in [6.45, 7) is 2.76. The summed E-state index contributed by atoms with van der Waals surface area (Å²) in [6, 6.07) is 6.00. The third-order valence-electron chi connectivity index (χ3n) is 2.45. The molecular formula is C13H21N3O4S. The zero-order valence-electron chi connectivity index (χ0n) is 12.0. The Bertz CT molecular complexity index is 560. The largest absolute Gasteiger partial charge is 0.372 e. The average Bonchev–Trinajstić information content (AvgIpc) is 2.46. The van der Waals surface area contributed by atoms with E-state index in [2.05, 4.69) is 10.0 Å². The van der Waals surface area contributed by atoms with Crippen molar-refractivity contribution in [3.8, 4) is 0 Å². The van der Waals surface area contributed by atoms with Crippen LogP contribution in [-0.4, -0.2) is 40.6 Å². The number of sulfonamides is 1. The van der Waals surface area contributed by atoms with Crippen LogP contribution in [0.2, 0.25) is 0 Å². The van der Waals surface area contributed by atoms with Gasteiger partial charge in [0.2, 0.25) is 15.9 Å². The van der Waals surface area contributed by atoms with Gasteiger partial charge < -0.3 is 15.8 Å². The summed E-state index contributed by atoms with van der Waals surface area (Å²) in [5.74, 6) is -0.326.